The minimum absolute atomic E-state index is 0.201. The molecule has 6 nitrogen and oxygen atoms in total. The van der Waals surface area contributed by atoms with Crippen LogP contribution in [-0.2, 0) is 0 Å². The molecule has 1 amide bonds. The predicted molar refractivity (Wildman–Crippen MR) is 98.6 cm³/mol. The SMILES string of the molecule is N#Cc1cccc(Nc2cnc(C(=O)Nc3ccccc3Br)cn2)c1. The van der Waals surface area contributed by atoms with Crippen LogP contribution in [0.1, 0.15) is 16.1 Å². The fraction of sp³-hybridized carbons (Fsp3) is 0. The second-order valence-corrected chi connectivity index (χ2v) is 5.89. The summed E-state index contributed by atoms with van der Waals surface area (Å²) in [5.41, 5.74) is 2.12. The predicted octanol–water partition coefficient (Wildman–Crippen LogP) is 4.11. The minimum Gasteiger partial charge on any atom is -0.339 e. The van der Waals surface area contributed by atoms with Gasteiger partial charge in [0.2, 0.25) is 0 Å². The first-order valence-electron chi connectivity index (χ1n) is 7.31. The highest BCUT2D eigenvalue weighted by Gasteiger charge is 2.10. The molecule has 0 saturated carbocycles. The molecule has 25 heavy (non-hydrogen) atoms. The molecule has 7 heteroatoms. The molecular weight excluding hydrogens is 382 g/mol. The van der Waals surface area contributed by atoms with Crippen molar-refractivity contribution in [2.45, 2.75) is 0 Å². The Morgan fingerprint density at radius 3 is 2.64 bits per heavy atom. The van der Waals surface area contributed by atoms with Crippen LogP contribution in [0.2, 0.25) is 0 Å². The van der Waals surface area contributed by atoms with Gasteiger partial charge in [0.25, 0.3) is 5.91 Å². The van der Waals surface area contributed by atoms with Gasteiger partial charge < -0.3 is 10.6 Å². The first-order chi connectivity index (χ1) is 12.2. The van der Waals surface area contributed by atoms with Crippen LogP contribution in [0.15, 0.2) is 65.4 Å². The van der Waals surface area contributed by atoms with Crippen molar-refractivity contribution in [3.05, 3.63) is 76.7 Å². The number of benzene rings is 2. The zero-order valence-corrected chi connectivity index (χ0v) is 14.5. The second-order valence-electron chi connectivity index (χ2n) is 5.04. The quantitative estimate of drug-likeness (QED) is 0.695. The summed E-state index contributed by atoms with van der Waals surface area (Å²) in [6.45, 7) is 0. The Hall–Kier alpha value is -3.24. The highest BCUT2D eigenvalue weighted by atomic mass is 79.9. The number of amides is 1. The molecule has 0 atom stereocenters. The highest BCUT2D eigenvalue weighted by Crippen LogP contribution is 2.21. The fourth-order valence-electron chi connectivity index (χ4n) is 2.07. The molecule has 122 valence electrons. The number of nitriles is 1. The third-order valence-electron chi connectivity index (χ3n) is 3.27. The zero-order chi connectivity index (χ0) is 17.6. The lowest BCUT2D eigenvalue weighted by Crippen LogP contribution is -2.14. The van der Waals surface area contributed by atoms with E-state index in [-0.39, 0.29) is 11.6 Å². The summed E-state index contributed by atoms with van der Waals surface area (Å²) in [6, 6.07) is 16.4. The van der Waals surface area contributed by atoms with Crippen molar-refractivity contribution in [2.75, 3.05) is 10.6 Å². The monoisotopic (exact) mass is 393 g/mol. The number of hydrogen-bond acceptors (Lipinski definition) is 5. The Balaban J connectivity index is 1.70. The third-order valence-corrected chi connectivity index (χ3v) is 3.96. The zero-order valence-electron chi connectivity index (χ0n) is 12.9. The molecule has 0 aliphatic heterocycles. The molecule has 0 spiro atoms. The molecule has 3 rings (SSSR count). The first-order valence-corrected chi connectivity index (χ1v) is 8.10. The lowest BCUT2D eigenvalue weighted by Gasteiger charge is -2.08. The standard InChI is InChI=1S/C18H12BrN5O/c19-14-6-1-2-7-15(14)24-18(25)16-10-22-17(11-21-16)23-13-5-3-4-12(8-13)9-20/h1-8,10-11H,(H,22,23)(H,24,25). The summed E-state index contributed by atoms with van der Waals surface area (Å²) in [7, 11) is 0. The molecule has 0 aliphatic rings. The maximum Gasteiger partial charge on any atom is 0.275 e. The van der Waals surface area contributed by atoms with Crippen LogP contribution in [0.4, 0.5) is 17.2 Å². The Morgan fingerprint density at radius 2 is 1.92 bits per heavy atom. The summed E-state index contributed by atoms with van der Waals surface area (Å²) in [4.78, 5) is 20.5. The van der Waals surface area contributed by atoms with Crippen LogP contribution in [0.5, 0.6) is 0 Å². The first kappa shape index (κ1) is 16.6. The molecule has 0 unspecified atom stereocenters. The Kier molecular flexibility index (Phi) is 5.02. The van der Waals surface area contributed by atoms with Crippen molar-refractivity contribution in [3.8, 4) is 6.07 Å². The molecule has 3 aromatic rings. The van der Waals surface area contributed by atoms with Crippen molar-refractivity contribution >= 4 is 39.0 Å². The summed E-state index contributed by atoms with van der Waals surface area (Å²) >= 11 is 3.37. The van der Waals surface area contributed by atoms with Crippen molar-refractivity contribution < 1.29 is 4.79 Å². The lowest BCUT2D eigenvalue weighted by atomic mass is 10.2. The normalized spacial score (nSPS) is 9.92. The van der Waals surface area contributed by atoms with Crippen molar-refractivity contribution in [1.29, 1.82) is 5.26 Å². The van der Waals surface area contributed by atoms with Crippen molar-refractivity contribution in [3.63, 3.8) is 0 Å². The van der Waals surface area contributed by atoms with Gasteiger partial charge in [-0.25, -0.2) is 9.97 Å². The molecule has 0 saturated heterocycles. The van der Waals surface area contributed by atoms with E-state index in [1.807, 2.05) is 24.3 Å². The number of nitrogens with one attached hydrogen (secondary N) is 2. The summed E-state index contributed by atoms with van der Waals surface area (Å²) in [6.07, 6.45) is 2.86. The van der Waals surface area contributed by atoms with E-state index in [1.165, 1.54) is 12.4 Å². The van der Waals surface area contributed by atoms with Crippen LogP contribution in [0.3, 0.4) is 0 Å². The van der Waals surface area contributed by atoms with E-state index in [1.54, 1.807) is 24.3 Å². The maximum atomic E-state index is 12.2. The van der Waals surface area contributed by atoms with E-state index in [2.05, 4.69) is 42.6 Å². The summed E-state index contributed by atoms with van der Waals surface area (Å²) < 4.78 is 0.784. The van der Waals surface area contributed by atoms with Gasteiger partial charge in [0, 0.05) is 10.2 Å². The Labute approximate surface area is 152 Å². The third kappa shape index (κ3) is 4.19. The van der Waals surface area contributed by atoms with Gasteiger partial charge in [0.05, 0.1) is 29.7 Å². The van der Waals surface area contributed by atoms with Gasteiger partial charge in [-0.2, -0.15) is 5.26 Å². The van der Waals surface area contributed by atoms with E-state index < -0.39 is 0 Å². The van der Waals surface area contributed by atoms with Crippen LogP contribution in [-0.4, -0.2) is 15.9 Å². The van der Waals surface area contributed by atoms with Crippen LogP contribution in [0, 0.1) is 11.3 Å². The van der Waals surface area contributed by atoms with Crippen LogP contribution >= 0.6 is 15.9 Å². The van der Waals surface area contributed by atoms with Gasteiger partial charge in [-0.05, 0) is 46.3 Å². The number of rotatable bonds is 4. The smallest absolute Gasteiger partial charge is 0.275 e. The van der Waals surface area contributed by atoms with E-state index in [0.29, 0.717) is 17.1 Å². The number of para-hydroxylation sites is 1. The van der Waals surface area contributed by atoms with Gasteiger partial charge in [-0.1, -0.05) is 18.2 Å². The molecule has 0 aliphatic carbocycles. The molecule has 0 bridgehead atoms. The van der Waals surface area contributed by atoms with E-state index in [0.717, 1.165) is 10.2 Å². The van der Waals surface area contributed by atoms with E-state index >= 15 is 0 Å². The van der Waals surface area contributed by atoms with Gasteiger partial charge in [0.1, 0.15) is 11.5 Å². The highest BCUT2D eigenvalue weighted by molar-refractivity contribution is 9.10. The van der Waals surface area contributed by atoms with Gasteiger partial charge in [-0.3, -0.25) is 4.79 Å². The fourth-order valence-corrected chi connectivity index (χ4v) is 2.46. The molecule has 2 N–H and O–H groups in total. The molecule has 1 aromatic heterocycles. The number of anilines is 3. The molecule has 0 fully saturated rings. The number of carbonyl (C=O) groups is 1. The number of carbonyl (C=O) groups excluding carboxylic acids is 1. The van der Waals surface area contributed by atoms with Gasteiger partial charge in [-0.15, -0.1) is 0 Å². The van der Waals surface area contributed by atoms with Crippen LogP contribution < -0.4 is 10.6 Å². The molecule has 0 radical (unpaired) electrons. The average molecular weight is 394 g/mol. The largest absolute Gasteiger partial charge is 0.339 e. The van der Waals surface area contributed by atoms with E-state index in [9.17, 15) is 4.79 Å². The molecule has 1 heterocycles. The van der Waals surface area contributed by atoms with Crippen molar-refractivity contribution in [2.24, 2.45) is 0 Å². The van der Waals surface area contributed by atoms with E-state index in [4.69, 9.17) is 5.26 Å². The number of aromatic nitrogens is 2. The molecule has 2 aromatic carbocycles. The Morgan fingerprint density at radius 1 is 1.08 bits per heavy atom. The second kappa shape index (κ2) is 7.55. The van der Waals surface area contributed by atoms with Gasteiger partial charge in [0.15, 0.2) is 0 Å². The number of hydrogen-bond donors (Lipinski definition) is 2. The maximum absolute atomic E-state index is 12.2. The minimum atomic E-state index is -0.350. The van der Waals surface area contributed by atoms with Gasteiger partial charge >= 0.3 is 0 Å². The van der Waals surface area contributed by atoms with Crippen LogP contribution in [0.25, 0.3) is 0 Å². The average Bonchev–Trinajstić information content (AvgIpc) is 2.64. The Bertz CT molecular complexity index is 950. The topological polar surface area (TPSA) is 90.7 Å². The summed E-state index contributed by atoms with van der Waals surface area (Å²) in [5, 5.41) is 14.7. The van der Waals surface area contributed by atoms with Crippen molar-refractivity contribution in [1.82, 2.24) is 9.97 Å². The summed E-state index contributed by atoms with van der Waals surface area (Å²) in [5.74, 6) is 0.130. The lowest BCUT2D eigenvalue weighted by molar-refractivity contribution is 0.102. The molecular formula is C18H12BrN5O. The number of nitrogens with zero attached hydrogens (tertiary/aromatic N) is 3. The number of halogens is 1.